The first kappa shape index (κ1) is 13.3. The molecular formula is C15H19N3O. The van der Waals surface area contributed by atoms with E-state index in [2.05, 4.69) is 53.4 Å². The van der Waals surface area contributed by atoms with Gasteiger partial charge in [-0.05, 0) is 17.0 Å². The lowest BCUT2D eigenvalue weighted by Gasteiger charge is -2.08. The first-order chi connectivity index (χ1) is 9.19. The third-order valence-electron chi connectivity index (χ3n) is 2.94. The average Bonchev–Trinajstić information content (AvgIpc) is 2.46. The minimum Gasteiger partial charge on any atom is -0.481 e. The van der Waals surface area contributed by atoms with Gasteiger partial charge in [0.15, 0.2) is 0 Å². The monoisotopic (exact) mass is 257 g/mol. The molecule has 1 N–H and O–H groups in total. The summed E-state index contributed by atoms with van der Waals surface area (Å²) in [7, 11) is 1.59. The number of methoxy groups -OCH3 is 1. The van der Waals surface area contributed by atoms with Crippen LogP contribution in [0.2, 0.25) is 0 Å². The third-order valence-corrected chi connectivity index (χ3v) is 2.94. The van der Waals surface area contributed by atoms with Crippen molar-refractivity contribution >= 4 is 5.95 Å². The van der Waals surface area contributed by atoms with Gasteiger partial charge in [0, 0.05) is 18.8 Å². The fraction of sp³-hybridized carbons (Fsp3) is 0.333. The van der Waals surface area contributed by atoms with E-state index >= 15 is 0 Å². The SMILES string of the molecule is COc1ccnc(NCc2ccc(C(C)C)cc2)n1. The fourth-order valence-electron chi connectivity index (χ4n) is 1.74. The van der Waals surface area contributed by atoms with Gasteiger partial charge in [-0.1, -0.05) is 38.1 Å². The molecule has 1 heterocycles. The Morgan fingerprint density at radius 1 is 1.16 bits per heavy atom. The molecule has 0 radical (unpaired) electrons. The molecule has 0 aliphatic carbocycles. The van der Waals surface area contributed by atoms with Crippen LogP contribution in [0.3, 0.4) is 0 Å². The first-order valence-electron chi connectivity index (χ1n) is 6.39. The van der Waals surface area contributed by atoms with Crippen LogP contribution >= 0.6 is 0 Å². The Hall–Kier alpha value is -2.10. The van der Waals surface area contributed by atoms with E-state index in [0.717, 1.165) is 0 Å². The van der Waals surface area contributed by atoms with Crippen molar-refractivity contribution in [2.24, 2.45) is 0 Å². The molecule has 0 unspecified atom stereocenters. The van der Waals surface area contributed by atoms with E-state index in [1.807, 2.05) is 0 Å². The topological polar surface area (TPSA) is 47.0 Å². The van der Waals surface area contributed by atoms with Gasteiger partial charge in [-0.25, -0.2) is 4.98 Å². The standard InChI is InChI=1S/C15H19N3O/c1-11(2)13-6-4-12(5-7-13)10-17-15-16-9-8-14(18-15)19-3/h4-9,11H,10H2,1-3H3,(H,16,17,18). The maximum absolute atomic E-state index is 5.06. The van der Waals surface area contributed by atoms with Crippen LogP contribution in [0.4, 0.5) is 5.95 Å². The predicted octanol–water partition coefficient (Wildman–Crippen LogP) is 3.22. The Bertz CT molecular complexity index is 523. The summed E-state index contributed by atoms with van der Waals surface area (Å²) >= 11 is 0. The summed E-state index contributed by atoms with van der Waals surface area (Å²) in [6.07, 6.45) is 1.68. The van der Waals surface area contributed by atoms with Crippen LogP contribution in [-0.2, 0) is 6.54 Å². The van der Waals surface area contributed by atoms with E-state index in [9.17, 15) is 0 Å². The number of anilines is 1. The minimum atomic E-state index is 0.559. The van der Waals surface area contributed by atoms with E-state index in [0.29, 0.717) is 24.3 Å². The van der Waals surface area contributed by atoms with E-state index in [-0.39, 0.29) is 0 Å². The van der Waals surface area contributed by atoms with Crippen molar-refractivity contribution in [3.05, 3.63) is 47.7 Å². The zero-order valence-corrected chi connectivity index (χ0v) is 11.6. The van der Waals surface area contributed by atoms with Crippen molar-refractivity contribution in [3.63, 3.8) is 0 Å². The average molecular weight is 257 g/mol. The van der Waals surface area contributed by atoms with Crippen LogP contribution < -0.4 is 10.1 Å². The van der Waals surface area contributed by atoms with Gasteiger partial charge in [0.25, 0.3) is 0 Å². The molecule has 19 heavy (non-hydrogen) atoms. The molecule has 0 aliphatic rings. The van der Waals surface area contributed by atoms with E-state index in [1.165, 1.54) is 11.1 Å². The number of nitrogens with zero attached hydrogens (tertiary/aromatic N) is 2. The summed E-state index contributed by atoms with van der Waals surface area (Å²) < 4.78 is 5.06. The third kappa shape index (κ3) is 3.68. The summed E-state index contributed by atoms with van der Waals surface area (Å²) in [4.78, 5) is 8.35. The lowest BCUT2D eigenvalue weighted by molar-refractivity contribution is 0.397. The van der Waals surface area contributed by atoms with Crippen molar-refractivity contribution in [3.8, 4) is 5.88 Å². The van der Waals surface area contributed by atoms with Gasteiger partial charge >= 0.3 is 0 Å². The second kappa shape index (κ2) is 6.18. The molecule has 1 aromatic heterocycles. The lowest BCUT2D eigenvalue weighted by atomic mass is 10.0. The normalized spacial score (nSPS) is 10.5. The Morgan fingerprint density at radius 3 is 2.53 bits per heavy atom. The highest BCUT2D eigenvalue weighted by Crippen LogP contribution is 2.15. The number of hydrogen-bond acceptors (Lipinski definition) is 4. The van der Waals surface area contributed by atoms with Crippen molar-refractivity contribution < 1.29 is 4.74 Å². The Labute approximate surface area is 113 Å². The molecule has 1 aromatic carbocycles. The largest absolute Gasteiger partial charge is 0.481 e. The van der Waals surface area contributed by atoms with Gasteiger partial charge in [-0.15, -0.1) is 0 Å². The highest BCUT2D eigenvalue weighted by atomic mass is 16.5. The number of benzene rings is 1. The highest BCUT2D eigenvalue weighted by Gasteiger charge is 2.01. The molecule has 4 nitrogen and oxygen atoms in total. The zero-order chi connectivity index (χ0) is 13.7. The van der Waals surface area contributed by atoms with Gasteiger partial charge in [0.1, 0.15) is 0 Å². The van der Waals surface area contributed by atoms with E-state index in [1.54, 1.807) is 19.4 Å². The molecule has 2 aromatic rings. The number of ether oxygens (including phenoxy) is 1. The molecule has 0 atom stereocenters. The molecule has 0 fully saturated rings. The number of nitrogens with one attached hydrogen (secondary N) is 1. The Kier molecular flexibility index (Phi) is 4.34. The summed E-state index contributed by atoms with van der Waals surface area (Å²) in [5.41, 5.74) is 2.55. The Morgan fingerprint density at radius 2 is 1.89 bits per heavy atom. The van der Waals surface area contributed by atoms with Crippen molar-refractivity contribution in [2.75, 3.05) is 12.4 Å². The zero-order valence-electron chi connectivity index (χ0n) is 11.6. The van der Waals surface area contributed by atoms with Crippen LogP contribution in [0.15, 0.2) is 36.5 Å². The highest BCUT2D eigenvalue weighted by molar-refractivity contribution is 5.31. The van der Waals surface area contributed by atoms with Crippen LogP contribution in [0.1, 0.15) is 30.9 Å². The van der Waals surface area contributed by atoms with Crippen LogP contribution in [-0.4, -0.2) is 17.1 Å². The molecule has 2 rings (SSSR count). The maximum atomic E-state index is 5.06. The molecule has 100 valence electrons. The summed E-state index contributed by atoms with van der Waals surface area (Å²) in [6.45, 7) is 5.08. The molecule has 0 amide bonds. The molecular weight excluding hydrogens is 238 g/mol. The van der Waals surface area contributed by atoms with Gasteiger partial charge in [-0.3, -0.25) is 0 Å². The van der Waals surface area contributed by atoms with E-state index in [4.69, 9.17) is 4.74 Å². The van der Waals surface area contributed by atoms with Gasteiger partial charge in [0.2, 0.25) is 11.8 Å². The molecule has 0 spiro atoms. The number of rotatable bonds is 5. The quantitative estimate of drug-likeness (QED) is 0.893. The van der Waals surface area contributed by atoms with E-state index < -0.39 is 0 Å². The molecule has 0 aliphatic heterocycles. The summed E-state index contributed by atoms with van der Waals surface area (Å²) in [5.74, 6) is 1.70. The molecule has 0 saturated carbocycles. The van der Waals surface area contributed by atoms with Crippen molar-refractivity contribution in [2.45, 2.75) is 26.3 Å². The summed E-state index contributed by atoms with van der Waals surface area (Å²) in [5, 5.41) is 3.18. The van der Waals surface area contributed by atoms with Crippen molar-refractivity contribution in [1.82, 2.24) is 9.97 Å². The fourth-order valence-corrected chi connectivity index (χ4v) is 1.74. The molecule has 0 saturated heterocycles. The molecule has 0 bridgehead atoms. The van der Waals surface area contributed by atoms with Gasteiger partial charge < -0.3 is 10.1 Å². The lowest BCUT2D eigenvalue weighted by Crippen LogP contribution is -2.04. The predicted molar refractivity (Wildman–Crippen MR) is 76.4 cm³/mol. The molecule has 4 heteroatoms. The first-order valence-corrected chi connectivity index (χ1v) is 6.39. The van der Waals surface area contributed by atoms with Gasteiger partial charge in [0.05, 0.1) is 7.11 Å². The smallest absolute Gasteiger partial charge is 0.226 e. The Balaban J connectivity index is 1.98. The van der Waals surface area contributed by atoms with Crippen LogP contribution in [0.5, 0.6) is 5.88 Å². The van der Waals surface area contributed by atoms with Crippen LogP contribution in [0, 0.1) is 0 Å². The van der Waals surface area contributed by atoms with Crippen LogP contribution in [0.25, 0.3) is 0 Å². The van der Waals surface area contributed by atoms with Crippen molar-refractivity contribution in [1.29, 1.82) is 0 Å². The maximum Gasteiger partial charge on any atom is 0.226 e. The second-order valence-corrected chi connectivity index (χ2v) is 4.67. The number of hydrogen-bond donors (Lipinski definition) is 1. The summed E-state index contributed by atoms with van der Waals surface area (Å²) in [6, 6.07) is 10.3. The second-order valence-electron chi connectivity index (χ2n) is 4.67. The minimum absolute atomic E-state index is 0.559. The van der Waals surface area contributed by atoms with Gasteiger partial charge in [-0.2, -0.15) is 4.98 Å². The number of aromatic nitrogens is 2.